The summed E-state index contributed by atoms with van der Waals surface area (Å²) >= 11 is 0. The molecule has 1 aromatic rings. The van der Waals surface area contributed by atoms with Crippen molar-refractivity contribution in [1.82, 2.24) is 0 Å². The Labute approximate surface area is 96.3 Å². The van der Waals surface area contributed by atoms with Crippen LogP contribution in [0.2, 0.25) is 0 Å². The van der Waals surface area contributed by atoms with Gasteiger partial charge in [0.1, 0.15) is 0 Å². The molecule has 0 aliphatic carbocycles. The van der Waals surface area contributed by atoms with E-state index >= 15 is 0 Å². The van der Waals surface area contributed by atoms with Gasteiger partial charge in [0.2, 0.25) is 0 Å². The molecule has 1 aliphatic heterocycles. The highest BCUT2D eigenvalue weighted by atomic mass is 32.2. The fraction of sp³-hybridized carbons (Fsp3) is 0.333. The van der Waals surface area contributed by atoms with Gasteiger partial charge in [-0.2, -0.15) is 0 Å². The molecule has 0 saturated carbocycles. The summed E-state index contributed by atoms with van der Waals surface area (Å²) in [6.45, 7) is 1.80. The van der Waals surface area contributed by atoms with Crippen molar-refractivity contribution in [1.29, 1.82) is 0 Å². The molecule has 0 N–H and O–H groups in total. The van der Waals surface area contributed by atoms with Crippen LogP contribution in [-0.2, 0) is 9.84 Å². The zero-order valence-electron chi connectivity index (χ0n) is 9.26. The quantitative estimate of drug-likeness (QED) is 0.737. The smallest absolute Gasteiger partial charge is 0.175 e. The van der Waals surface area contributed by atoms with Crippen molar-refractivity contribution >= 4 is 15.5 Å². The monoisotopic (exact) mass is 237 g/mol. The van der Waals surface area contributed by atoms with Crippen LogP contribution in [-0.4, -0.2) is 27.8 Å². The lowest BCUT2D eigenvalue weighted by Crippen LogP contribution is -2.26. The fourth-order valence-electron chi connectivity index (χ4n) is 1.79. The van der Waals surface area contributed by atoms with Crippen molar-refractivity contribution in [2.24, 2.45) is 0 Å². The van der Waals surface area contributed by atoms with Gasteiger partial charge in [-0.1, -0.05) is 18.2 Å². The van der Waals surface area contributed by atoms with Crippen molar-refractivity contribution in [3.8, 4) is 0 Å². The van der Waals surface area contributed by atoms with E-state index in [-0.39, 0.29) is 0 Å². The molecular weight excluding hydrogens is 222 g/mol. The van der Waals surface area contributed by atoms with E-state index in [0.29, 0.717) is 4.90 Å². The van der Waals surface area contributed by atoms with Gasteiger partial charge >= 0.3 is 0 Å². The first kappa shape index (κ1) is 11.2. The molecule has 16 heavy (non-hydrogen) atoms. The first-order valence-corrected chi connectivity index (χ1v) is 7.16. The summed E-state index contributed by atoms with van der Waals surface area (Å²) in [4.78, 5) is 2.56. The Kier molecular flexibility index (Phi) is 3.01. The molecule has 86 valence electrons. The van der Waals surface area contributed by atoms with Gasteiger partial charge in [0, 0.05) is 25.0 Å². The second-order valence-corrected chi connectivity index (χ2v) is 5.99. The highest BCUT2D eigenvalue weighted by Crippen LogP contribution is 2.20. The topological polar surface area (TPSA) is 37.4 Å². The van der Waals surface area contributed by atoms with Gasteiger partial charge in [0.05, 0.1) is 4.90 Å². The first-order chi connectivity index (χ1) is 7.57. The minimum Gasteiger partial charge on any atom is -0.367 e. The average Bonchev–Trinajstić information content (AvgIpc) is 2.29. The van der Waals surface area contributed by atoms with Crippen LogP contribution in [0.4, 0.5) is 5.69 Å². The molecule has 1 aromatic carbocycles. The van der Waals surface area contributed by atoms with Gasteiger partial charge in [-0.15, -0.1) is 0 Å². The Hall–Kier alpha value is -1.29. The molecule has 0 saturated heterocycles. The predicted molar refractivity (Wildman–Crippen MR) is 65.5 cm³/mol. The van der Waals surface area contributed by atoms with Crippen LogP contribution >= 0.6 is 0 Å². The van der Waals surface area contributed by atoms with E-state index in [9.17, 15) is 8.42 Å². The molecular formula is C12H15NO2S. The molecule has 0 radical (unpaired) electrons. The molecule has 0 spiro atoms. The molecule has 0 atom stereocenters. The molecule has 4 heteroatoms. The summed E-state index contributed by atoms with van der Waals surface area (Å²) in [7, 11) is -3.11. The van der Waals surface area contributed by atoms with Crippen molar-refractivity contribution in [3.63, 3.8) is 0 Å². The number of anilines is 1. The van der Waals surface area contributed by atoms with E-state index in [1.807, 2.05) is 6.07 Å². The van der Waals surface area contributed by atoms with Crippen LogP contribution in [0, 0.1) is 0 Å². The van der Waals surface area contributed by atoms with Crippen LogP contribution < -0.4 is 4.90 Å². The van der Waals surface area contributed by atoms with E-state index in [1.54, 1.807) is 18.2 Å². The van der Waals surface area contributed by atoms with E-state index < -0.39 is 9.84 Å². The highest BCUT2D eigenvalue weighted by molar-refractivity contribution is 7.90. The summed E-state index contributed by atoms with van der Waals surface area (Å²) < 4.78 is 22.9. The van der Waals surface area contributed by atoms with Crippen molar-refractivity contribution in [2.45, 2.75) is 11.3 Å². The Bertz CT molecular complexity index is 506. The number of hydrogen-bond acceptors (Lipinski definition) is 3. The van der Waals surface area contributed by atoms with Gasteiger partial charge in [-0.3, -0.25) is 0 Å². The minimum absolute atomic E-state index is 0.388. The first-order valence-electron chi connectivity index (χ1n) is 5.27. The van der Waals surface area contributed by atoms with E-state index in [0.717, 1.165) is 25.2 Å². The summed E-state index contributed by atoms with van der Waals surface area (Å²) in [6.07, 6.45) is 6.51. The molecule has 0 unspecified atom stereocenters. The van der Waals surface area contributed by atoms with E-state index in [2.05, 4.69) is 17.1 Å². The maximum absolute atomic E-state index is 11.4. The lowest BCUT2D eigenvalue weighted by Gasteiger charge is -2.25. The van der Waals surface area contributed by atoms with Gasteiger partial charge in [0.25, 0.3) is 0 Å². The van der Waals surface area contributed by atoms with Gasteiger partial charge in [-0.25, -0.2) is 8.42 Å². The largest absolute Gasteiger partial charge is 0.367 e. The van der Waals surface area contributed by atoms with Crippen LogP contribution in [0.15, 0.2) is 41.3 Å². The second kappa shape index (κ2) is 4.29. The number of benzene rings is 1. The van der Waals surface area contributed by atoms with E-state index in [4.69, 9.17) is 0 Å². The minimum atomic E-state index is -3.11. The molecule has 1 heterocycles. The summed E-state index contributed by atoms with van der Waals surface area (Å²) in [5.74, 6) is 0. The fourth-order valence-corrected chi connectivity index (χ4v) is 2.45. The predicted octanol–water partition coefficient (Wildman–Crippen LogP) is 1.86. The van der Waals surface area contributed by atoms with Crippen molar-refractivity contribution in [2.75, 3.05) is 24.2 Å². The molecule has 0 fully saturated rings. The van der Waals surface area contributed by atoms with E-state index in [1.165, 1.54) is 6.26 Å². The average molecular weight is 237 g/mol. The normalized spacial score (nSPS) is 16.4. The van der Waals surface area contributed by atoms with Crippen LogP contribution in [0.5, 0.6) is 0 Å². The molecule has 0 aromatic heterocycles. The summed E-state index contributed by atoms with van der Waals surface area (Å²) in [5, 5.41) is 0. The van der Waals surface area contributed by atoms with Crippen LogP contribution in [0.25, 0.3) is 0 Å². The summed E-state index contributed by atoms with van der Waals surface area (Å²) in [5.41, 5.74) is 0.979. The highest BCUT2D eigenvalue weighted by Gasteiger charge is 2.11. The Balaban J connectivity index is 2.32. The Morgan fingerprint density at radius 3 is 2.69 bits per heavy atom. The molecule has 2 rings (SSSR count). The second-order valence-electron chi connectivity index (χ2n) is 3.98. The summed E-state index contributed by atoms with van der Waals surface area (Å²) in [6, 6.07) is 7.13. The van der Waals surface area contributed by atoms with Gasteiger partial charge in [0.15, 0.2) is 9.84 Å². The number of nitrogens with zero attached hydrogens (tertiary/aromatic N) is 1. The Morgan fingerprint density at radius 2 is 2.06 bits per heavy atom. The maximum Gasteiger partial charge on any atom is 0.175 e. The van der Waals surface area contributed by atoms with Gasteiger partial charge < -0.3 is 4.90 Å². The van der Waals surface area contributed by atoms with Gasteiger partial charge in [-0.05, 0) is 24.6 Å². The third-order valence-corrected chi connectivity index (χ3v) is 3.78. The zero-order chi connectivity index (χ0) is 11.6. The molecule has 1 aliphatic rings. The third kappa shape index (κ3) is 2.44. The number of hydrogen-bond donors (Lipinski definition) is 0. The SMILES string of the molecule is CS(=O)(=O)c1cccc(N2CC=CCC2)c1. The molecule has 0 amide bonds. The van der Waals surface area contributed by atoms with Crippen molar-refractivity contribution in [3.05, 3.63) is 36.4 Å². The third-order valence-electron chi connectivity index (χ3n) is 2.67. The lowest BCUT2D eigenvalue weighted by molar-refractivity contribution is 0.602. The maximum atomic E-state index is 11.4. The Morgan fingerprint density at radius 1 is 1.25 bits per heavy atom. The van der Waals surface area contributed by atoms with Crippen LogP contribution in [0.1, 0.15) is 6.42 Å². The molecule has 0 bridgehead atoms. The standard InChI is InChI=1S/C12H15NO2S/c1-16(14,15)12-7-5-6-11(10-12)13-8-3-2-4-9-13/h2-3,5-7,10H,4,8-9H2,1H3. The van der Waals surface area contributed by atoms with Crippen LogP contribution in [0.3, 0.4) is 0 Å². The molecule has 3 nitrogen and oxygen atoms in total. The lowest BCUT2D eigenvalue weighted by atomic mass is 10.2. The zero-order valence-corrected chi connectivity index (χ0v) is 10.1. The number of rotatable bonds is 2. The number of sulfone groups is 1. The van der Waals surface area contributed by atoms with Crippen molar-refractivity contribution < 1.29 is 8.42 Å².